The predicted molar refractivity (Wildman–Crippen MR) is 109 cm³/mol. The van der Waals surface area contributed by atoms with E-state index in [2.05, 4.69) is 43.2 Å². The molecule has 1 atom stereocenters. The van der Waals surface area contributed by atoms with Crippen LogP contribution in [0.2, 0.25) is 0 Å². The van der Waals surface area contributed by atoms with Gasteiger partial charge in [0.2, 0.25) is 0 Å². The average Bonchev–Trinajstić information content (AvgIpc) is 3.05. The Bertz CT molecular complexity index is 381. The van der Waals surface area contributed by atoms with Gasteiger partial charge in [-0.05, 0) is 40.3 Å². The molecule has 2 heterocycles. The number of likely N-dealkylation sites (N-methyl/N-ethyl adjacent to an activating group) is 1. The Morgan fingerprint density at radius 3 is 2.42 bits per heavy atom. The molecule has 2 rings (SSSR count). The van der Waals surface area contributed by atoms with E-state index in [4.69, 9.17) is 14.5 Å². The number of nitrogens with one attached hydrogen (secondary N) is 1. The molecule has 2 saturated heterocycles. The van der Waals surface area contributed by atoms with Gasteiger partial charge in [0.25, 0.3) is 0 Å². The van der Waals surface area contributed by atoms with Crippen LogP contribution in [0.3, 0.4) is 0 Å². The van der Waals surface area contributed by atoms with Crippen molar-refractivity contribution in [1.82, 2.24) is 15.1 Å². The van der Waals surface area contributed by atoms with E-state index in [9.17, 15) is 0 Å². The third-order valence-electron chi connectivity index (χ3n) is 5.15. The highest BCUT2D eigenvalue weighted by molar-refractivity contribution is 14.0. The van der Waals surface area contributed by atoms with Crippen LogP contribution >= 0.6 is 24.0 Å². The molecule has 0 saturated carbocycles. The first-order valence-corrected chi connectivity index (χ1v) is 8.90. The second-order valence-corrected chi connectivity index (χ2v) is 7.01. The van der Waals surface area contributed by atoms with E-state index in [0.717, 1.165) is 71.3 Å². The minimum Gasteiger partial charge on any atom is -0.381 e. The molecule has 0 amide bonds. The van der Waals surface area contributed by atoms with Crippen molar-refractivity contribution in [3.8, 4) is 0 Å². The standard InChI is InChI=1S/C17H34N4O2.HI/c1-5-18-16(21(4)12-15-6-9-23-13-15)19-14-17(20(2)3)7-10-22-11-8-17;/h15H,5-14H2,1-4H3,(H,18,19);1H. The fraction of sp³-hybridized carbons (Fsp3) is 0.941. The lowest BCUT2D eigenvalue weighted by Gasteiger charge is -2.42. The lowest BCUT2D eigenvalue weighted by Crippen LogP contribution is -2.52. The Labute approximate surface area is 164 Å². The van der Waals surface area contributed by atoms with Crippen molar-refractivity contribution in [2.24, 2.45) is 10.9 Å². The van der Waals surface area contributed by atoms with Gasteiger partial charge in [0.05, 0.1) is 13.2 Å². The predicted octanol–water partition coefficient (Wildman–Crippen LogP) is 1.65. The molecular weight excluding hydrogens is 419 g/mol. The number of rotatable bonds is 6. The number of guanidine groups is 1. The molecule has 24 heavy (non-hydrogen) atoms. The first-order chi connectivity index (χ1) is 11.1. The zero-order chi connectivity index (χ0) is 16.7. The van der Waals surface area contributed by atoms with E-state index >= 15 is 0 Å². The largest absolute Gasteiger partial charge is 0.381 e. The molecular formula is C17H35IN4O2. The maximum atomic E-state index is 5.55. The lowest BCUT2D eigenvalue weighted by molar-refractivity contribution is -0.00263. The average molecular weight is 454 g/mol. The summed E-state index contributed by atoms with van der Waals surface area (Å²) in [5.41, 5.74) is 0.121. The van der Waals surface area contributed by atoms with Crippen LogP contribution in [0.5, 0.6) is 0 Å². The highest BCUT2D eigenvalue weighted by atomic mass is 127. The molecule has 1 unspecified atom stereocenters. The second-order valence-electron chi connectivity index (χ2n) is 7.01. The third kappa shape index (κ3) is 6.00. The van der Waals surface area contributed by atoms with Gasteiger partial charge < -0.3 is 24.6 Å². The first kappa shape index (κ1) is 21.9. The van der Waals surface area contributed by atoms with Crippen LogP contribution in [0.1, 0.15) is 26.2 Å². The Hall–Kier alpha value is -0.120. The first-order valence-electron chi connectivity index (χ1n) is 8.90. The Morgan fingerprint density at radius 1 is 1.17 bits per heavy atom. The highest BCUT2D eigenvalue weighted by Gasteiger charge is 2.34. The minimum atomic E-state index is 0. The molecule has 7 heteroatoms. The number of nitrogens with zero attached hydrogens (tertiary/aromatic N) is 3. The molecule has 6 nitrogen and oxygen atoms in total. The SMILES string of the molecule is CCNC(=NCC1(N(C)C)CCOCC1)N(C)CC1CCOC1.I. The maximum absolute atomic E-state index is 5.55. The quantitative estimate of drug-likeness (QED) is 0.376. The molecule has 0 spiro atoms. The summed E-state index contributed by atoms with van der Waals surface area (Å²) in [5.74, 6) is 1.63. The molecule has 0 bridgehead atoms. The molecule has 0 aromatic rings. The molecule has 0 aliphatic carbocycles. The second kappa shape index (κ2) is 10.8. The van der Waals surface area contributed by atoms with Crippen molar-refractivity contribution in [3.63, 3.8) is 0 Å². The van der Waals surface area contributed by atoms with Crippen molar-refractivity contribution < 1.29 is 9.47 Å². The summed E-state index contributed by atoms with van der Waals surface area (Å²) in [7, 11) is 6.45. The topological polar surface area (TPSA) is 49.3 Å². The van der Waals surface area contributed by atoms with Crippen molar-refractivity contribution >= 4 is 29.9 Å². The number of aliphatic imine (C=N–C) groups is 1. The highest BCUT2D eigenvalue weighted by Crippen LogP contribution is 2.26. The van der Waals surface area contributed by atoms with Crippen LogP contribution in [0.25, 0.3) is 0 Å². The fourth-order valence-corrected chi connectivity index (χ4v) is 3.39. The zero-order valence-electron chi connectivity index (χ0n) is 15.7. The number of hydrogen-bond donors (Lipinski definition) is 1. The van der Waals surface area contributed by atoms with Gasteiger partial charge in [0.1, 0.15) is 0 Å². The van der Waals surface area contributed by atoms with Gasteiger partial charge in [0, 0.05) is 51.4 Å². The van der Waals surface area contributed by atoms with Crippen molar-refractivity contribution in [3.05, 3.63) is 0 Å². The normalized spacial score (nSPS) is 23.9. The van der Waals surface area contributed by atoms with E-state index in [1.165, 1.54) is 0 Å². The van der Waals surface area contributed by atoms with Gasteiger partial charge in [-0.3, -0.25) is 4.99 Å². The molecule has 2 aliphatic rings. The summed E-state index contributed by atoms with van der Waals surface area (Å²) in [4.78, 5) is 9.55. The van der Waals surface area contributed by atoms with Gasteiger partial charge in [-0.1, -0.05) is 0 Å². The molecule has 142 valence electrons. The summed E-state index contributed by atoms with van der Waals surface area (Å²) >= 11 is 0. The van der Waals surface area contributed by atoms with E-state index in [0.29, 0.717) is 5.92 Å². The van der Waals surface area contributed by atoms with E-state index in [1.807, 2.05) is 0 Å². The van der Waals surface area contributed by atoms with E-state index in [-0.39, 0.29) is 29.5 Å². The Kier molecular flexibility index (Phi) is 9.84. The van der Waals surface area contributed by atoms with Crippen molar-refractivity contribution in [2.45, 2.75) is 31.7 Å². The van der Waals surface area contributed by atoms with Gasteiger partial charge in [-0.15, -0.1) is 24.0 Å². The molecule has 0 aromatic heterocycles. The Balaban J connectivity index is 0.00000288. The van der Waals surface area contributed by atoms with Crippen LogP contribution in [0, 0.1) is 5.92 Å². The number of hydrogen-bond acceptors (Lipinski definition) is 4. The van der Waals surface area contributed by atoms with Crippen LogP contribution in [-0.2, 0) is 9.47 Å². The minimum absolute atomic E-state index is 0. The fourth-order valence-electron chi connectivity index (χ4n) is 3.39. The monoisotopic (exact) mass is 454 g/mol. The van der Waals surface area contributed by atoms with Gasteiger partial charge in [-0.2, -0.15) is 0 Å². The molecule has 0 aromatic carbocycles. The molecule has 2 aliphatic heterocycles. The van der Waals surface area contributed by atoms with Gasteiger partial charge >= 0.3 is 0 Å². The number of halogens is 1. The lowest BCUT2D eigenvalue weighted by atomic mass is 9.89. The zero-order valence-corrected chi connectivity index (χ0v) is 18.0. The van der Waals surface area contributed by atoms with Crippen LogP contribution in [0.15, 0.2) is 4.99 Å². The van der Waals surface area contributed by atoms with Crippen LogP contribution in [-0.4, -0.2) is 88.5 Å². The van der Waals surface area contributed by atoms with Crippen LogP contribution in [0.4, 0.5) is 0 Å². The van der Waals surface area contributed by atoms with E-state index < -0.39 is 0 Å². The molecule has 2 fully saturated rings. The van der Waals surface area contributed by atoms with Gasteiger partial charge in [-0.25, -0.2) is 0 Å². The summed E-state index contributed by atoms with van der Waals surface area (Å²) in [6, 6.07) is 0. The molecule has 1 N–H and O–H groups in total. The van der Waals surface area contributed by atoms with Crippen molar-refractivity contribution in [1.29, 1.82) is 0 Å². The summed E-state index contributed by atoms with van der Waals surface area (Å²) in [6.45, 7) is 8.28. The summed E-state index contributed by atoms with van der Waals surface area (Å²) in [5, 5.41) is 3.44. The smallest absolute Gasteiger partial charge is 0.193 e. The van der Waals surface area contributed by atoms with Crippen LogP contribution < -0.4 is 5.32 Å². The maximum Gasteiger partial charge on any atom is 0.193 e. The third-order valence-corrected chi connectivity index (χ3v) is 5.15. The summed E-state index contributed by atoms with van der Waals surface area (Å²) < 4.78 is 11.0. The summed E-state index contributed by atoms with van der Waals surface area (Å²) in [6.07, 6.45) is 3.24. The number of ether oxygens (including phenoxy) is 2. The Morgan fingerprint density at radius 2 is 1.88 bits per heavy atom. The van der Waals surface area contributed by atoms with E-state index in [1.54, 1.807) is 0 Å². The van der Waals surface area contributed by atoms with Crippen molar-refractivity contribution in [2.75, 3.05) is 67.2 Å². The van der Waals surface area contributed by atoms with Gasteiger partial charge in [0.15, 0.2) is 5.96 Å². The molecule has 0 radical (unpaired) electrons.